The van der Waals surface area contributed by atoms with Crippen LogP contribution in [0.1, 0.15) is 17.5 Å². The predicted octanol–water partition coefficient (Wildman–Crippen LogP) is 4.35. The second-order valence-electron chi connectivity index (χ2n) is 8.23. The number of nitrogens with zero attached hydrogens (tertiary/aromatic N) is 1. The van der Waals surface area contributed by atoms with Crippen LogP contribution in [0.25, 0.3) is 0 Å². The van der Waals surface area contributed by atoms with Gasteiger partial charge in [-0.15, -0.1) is 0 Å². The summed E-state index contributed by atoms with van der Waals surface area (Å²) in [6.07, 6.45) is 0.0833. The van der Waals surface area contributed by atoms with Gasteiger partial charge in [0.05, 0.1) is 32.3 Å². The van der Waals surface area contributed by atoms with Crippen molar-refractivity contribution in [2.75, 3.05) is 13.7 Å². The zero-order valence-corrected chi connectivity index (χ0v) is 20.3. The van der Waals surface area contributed by atoms with Crippen molar-refractivity contribution in [2.24, 2.45) is 5.92 Å². The van der Waals surface area contributed by atoms with Crippen molar-refractivity contribution in [1.82, 2.24) is 4.73 Å². The number of rotatable bonds is 10. The summed E-state index contributed by atoms with van der Waals surface area (Å²) >= 11 is 5.23. The lowest BCUT2D eigenvalue weighted by Crippen LogP contribution is -2.53. The highest BCUT2D eigenvalue weighted by molar-refractivity contribution is 7.71. The molecule has 2 aromatic carbocycles. The number of aromatic nitrogens is 1. The molecule has 0 aliphatic carbocycles. The number of hydrogen-bond acceptors (Lipinski definition) is 7. The van der Waals surface area contributed by atoms with E-state index >= 15 is 0 Å². The average Bonchev–Trinajstić information content (AvgIpc) is 2.89. The van der Waals surface area contributed by atoms with Crippen LogP contribution < -0.4 is 4.84 Å². The third-order valence-electron chi connectivity index (χ3n) is 5.78. The Morgan fingerprint density at radius 1 is 0.943 bits per heavy atom. The molecule has 1 fully saturated rings. The van der Waals surface area contributed by atoms with Crippen LogP contribution in [-0.4, -0.2) is 42.9 Å². The first-order valence-corrected chi connectivity index (χ1v) is 11.9. The molecule has 1 aromatic heterocycles. The third kappa shape index (κ3) is 7.06. The third-order valence-corrected chi connectivity index (χ3v) is 6.09. The van der Waals surface area contributed by atoms with E-state index in [9.17, 15) is 4.79 Å². The van der Waals surface area contributed by atoms with Gasteiger partial charge in [-0.3, -0.25) is 0 Å². The Kier molecular flexibility index (Phi) is 9.16. The van der Waals surface area contributed by atoms with E-state index in [4.69, 9.17) is 36.0 Å². The molecule has 4 rings (SSSR count). The molecular formula is C27H29NO6S. The fourth-order valence-electron chi connectivity index (χ4n) is 4.04. The summed E-state index contributed by atoms with van der Waals surface area (Å²) < 4.78 is 25.8. The number of ether oxygens (including phenoxy) is 4. The molecule has 2 heterocycles. The normalized spacial score (nSPS) is 22.0. The molecule has 7 nitrogen and oxygen atoms in total. The molecule has 0 N–H and O–H groups in total. The highest BCUT2D eigenvalue weighted by atomic mass is 32.1. The molecular weight excluding hydrogens is 466 g/mol. The zero-order valence-electron chi connectivity index (χ0n) is 19.5. The number of benzene rings is 2. The van der Waals surface area contributed by atoms with Gasteiger partial charge in [0.15, 0.2) is 6.29 Å². The highest BCUT2D eigenvalue weighted by Crippen LogP contribution is 2.31. The standard InChI is InChI=1S/C27H29NO6S/c1-30-27-22(16-25(29)34-28-15-9-8-14-24(28)35)26(32-18-21-12-6-3-7-13-21)23(19-33-27)31-17-20-10-4-2-5-11-20/h2-15,22-23,26-27H,16-19H2,1H3/t22-,23-,26-,27-/m1/s1. The van der Waals surface area contributed by atoms with Crippen LogP contribution in [-0.2, 0) is 37.0 Å². The molecule has 0 bridgehead atoms. The predicted molar refractivity (Wildman–Crippen MR) is 132 cm³/mol. The van der Waals surface area contributed by atoms with Gasteiger partial charge >= 0.3 is 5.97 Å². The summed E-state index contributed by atoms with van der Waals surface area (Å²) in [5.41, 5.74) is 2.06. The molecule has 184 valence electrons. The summed E-state index contributed by atoms with van der Waals surface area (Å²) in [7, 11) is 1.55. The Bertz CT molecular complexity index is 1120. The lowest BCUT2D eigenvalue weighted by Gasteiger charge is -2.41. The summed E-state index contributed by atoms with van der Waals surface area (Å²) in [6, 6.07) is 25.0. The number of carbonyl (C=O) groups excluding carboxylic acids is 1. The minimum Gasteiger partial charge on any atom is -0.370 e. The zero-order chi connectivity index (χ0) is 24.5. The van der Waals surface area contributed by atoms with Gasteiger partial charge in [0.2, 0.25) is 0 Å². The van der Waals surface area contributed by atoms with Crippen molar-refractivity contribution in [3.63, 3.8) is 0 Å². The fraction of sp³-hybridized carbons (Fsp3) is 0.333. The number of methoxy groups -OCH3 is 1. The van der Waals surface area contributed by atoms with E-state index in [1.54, 1.807) is 31.5 Å². The topological polar surface area (TPSA) is 68.2 Å². The molecule has 0 unspecified atom stereocenters. The van der Waals surface area contributed by atoms with Crippen molar-refractivity contribution in [3.05, 3.63) is 101 Å². The summed E-state index contributed by atoms with van der Waals surface area (Å²) in [5, 5.41) is 0. The lowest BCUT2D eigenvalue weighted by molar-refractivity contribution is -0.264. The first kappa shape index (κ1) is 25.2. The molecule has 0 amide bonds. The second kappa shape index (κ2) is 12.7. The van der Waals surface area contributed by atoms with Crippen LogP contribution >= 0.6 is 12.2 Å². The van der Waals surface area contributed by atoms with Crippen LogP contribution in [0.2, 0.25) is 0 Å². The Morgan fingerprint density at radius 3 is 2.20 bits per heavy atom. The molecule has 3 aromatic rings. The Balaban J connectivity index is 1.51. The highest BCUT2D eigenvalue weighted by Gasteiger charge is 2.43. The number of carbonyl (C=O) groups is 1. The molecule has 0 radical (unpaired) electrons. The van der Waals surface area contributed by atoms with Gasteiger partial charge in [-0.1, -0.05) is 78.9 Å². The van der Waals surface area contributed by atoms with E-state index in [0.717, 1.165) is 11.1 Å². The molecule has 1 aliphatic heterocycles. The molecule has 35 heavy (non-hydrogen) atoms. The second-order valence-corrected chi connectivity index (χ2v) is 8.65. The number of hydrogen-bond donors (Lipinski definition) is 0. The molecule has 0 saturated carbocycles. The van der Waals surface area contributed by atoms with E-state index in [1.807, 2.05) is 60.7 Å². The summed E-state index contributed by atoms with van der Waals surface area (Å²) in [6.45, 7) is 1.04. The van der Waals surface area contributed by atoms with E-state index in [2.05, 4.69) is 0 Å². The van der Waals surface area contributed by atoms with Crippen LogP contribution in [0, 0.1) is 10.6 Å². The Morgan fingerprint density at radius 2 is 1.57 bits per heavy atom. The van der Waals surface area contributed by atoms with E-state index in [0.29, 0.717) is 17.9 Å². The van der Waals surface area contributed by atoms with Gasteiger partial charge in [0, 0.05) is 19.2 Å². The van der Waals surface area contributed by atoms with E-state index < -0.39 is 30.4 Å². The van der Waals surface area contributed by atoms with Gasteiger partial charge in [0.25, 0.3) is 0 Å². The van der Waals surface area contributed by atoms with Gasteiger partial charge in [0.1, 0.15) is 10.7 Å². The lowest BCUT2D eigenvalue weighted by atomic mass is 9.91. The van der Waals surface area contributed by atoms with Crippen molar-refractivity contribution in [2.45, 2.75) is 38.1 Å². The van der Waals surface area contributed by atoms with Crippen molar-refractivity contribution < 1.29 is 28.6 Å². The summed E-state index contributed by atoms with van der Waals surface area (Å²) in [4.78, 5) is 18.4. The SMILES string of the molecule is CO[C@@H]1OC[C@@H](OCc2ccccc2)[C@H](OCc2ccccc2)[C@H]1CC(=O)On1ccccc1=S. The first-order valence-electron chi connectivity index (χ1n) is 11.5. The molecule has 1 aliphatic rings. The van der Waals surface area contributed by atoms with Crippen LogP contribution in [0.3, 0.4) is 0 Å². The maximum absolute atomic E-state index is 12.9. The van der Waals surface area contributed by atoms with Gasteiger partial charge in [-0.2, -0.15) is 4.73 Å². The van der Waals surface area contributed by atoms with Crippen LogP contribution in [0.5, 0.6) is 0 Å². The first-order chi connectivity index (χ1) is 17.1. The maximum Gasteiger partial charge on any atom is 0.333 e. The van der Waals surface area contributed by atoms with Crippen molar-refractivity contribution >= 4 is 18.2 Å². The molecule has 0 spiro atoms. The van der Waals surface area contributed by atoms with Crippen LogP contribution in [0.15, 0.2) is 85.1 Å². The monoisotopic (exact) mass is 495 g/mol. The minimum absolute atomic E-state index is 0.000171. The Hall–Kier alpha value is -2.88. The largest absolute Gasteiger partial charge is 0.370 e. The van der Waals surface area contributed by atoms with Gasteiger partial charge in [-0.25, -0.2) is 4.79 Å². The number of pyridine rings is 1. The van der Waals surface area contributed by atoms with Crippen molar-refractivity contribution in [3.8, 4) is 0 Å². The smallest absolute Gasteiger partial charge is 0.333 e. The maximum atomic E-state index is 12.9. The average molecular weight is 496 g/mol. The molecule has 1 saturated heterocycles. The van der Waals surface area contributed by atoms with Crippen molar-refractivity contribution in [1.29, 1.82) is 0 Å². The molecule has 4 atom stereocenters. The quantitative estimate of drug-likeness (QED) is 0.387. The molecule has 8 heteroatoms. The van der Waals surface area contributed by atoms with Gasteiger partial charge in [-0.05, 0) is 23.3 Å². The van der Waals surface area contributed by atoms with Gasteiger partial charge < -0.3 is 23.8 Å². The Labute approximate surface area is 210 Å². The van der Waals surface area contributed by atoms with Crippen LogP contribution in [0.4, 0.5) is 0 Å². The van der Waals surface area contributed by atoms with E-state index in [-0.39, 0.29) is 13.0 Å². The van der Waals surface area contributed by atoms with E-state index in [1.165, 1.54) is 4.73 Å². The minimum atomic E-state index is -0.649. The fourth-order valence-corrected chi connectivity index (χ4v) is 4.22. The summed E-state index contributed by atoms with van der Waals surface area (Å²) in [5.74, 6) is -0.927.